The van der Waals surface area contributed by atoms with Crippen LogP contribution in [-0.4, -0.2) is 18.2 Å². The molecule has 1 aromatic heterocycles. The molecule has 1 rings (SSSR count). The Bertz CT molecular complexity index is 412. The number of hydrogen-bond acceptors (Lipinski definition) is 4. The zero-order valence-corrected chi connectivity index (χ0v) is 10.2. The second kappa shape index (κ2) is 6.44. The van der Waals surface area contributed by atoms with Crippen molar-refractivity contribution in [3.8, 4) is 11.6 Å². The van der Waals surface area contributed by atoms with E-state index in [1.807, 2.05) is 0 Å². The highest BCUT2D eigenvalue weighted by atomic mass is 31.2. The highest BCUT2D eigenvalue weighted by Crippen LogP contribution is 2.46. The van der Waals surface area contributed by atoms with Gasteiger partial charge in [0.1, 0.15) is 0 Å². The highest BCUT2D eigenvalue weighted by molar-refractivity contribution is 7.59. The van der Waals surface area contributed by atoms with Gasteiger partial charge < -0.3 is 0 Å². The molecule has 0 fully saturated rings. The van der Waals surface area contributed by atoms with Gasteiger partial charge in [-0.1, -0.05) is 5.92 Å². The molecule has 0 saturated heterocycles. The fourth-order valence-electron chi connectivity index (χ4n) is 1.01. The molecule has 0 aliphatic carbocycles. The van der Waals surface area contributed by atoms with Crippen LogP contribution in [0.25, 0.3) is 0 Å². The molecule has 16 heavy (non-hydrogen) atoms. The van der Waals surface area contributed by atoms with E-state index in [4.69, 9.17) is 9.05 Å². The van der Waals surface area contributed by atoms with Crippen LogP contribution in [0.4, 0.5) is 0 Å². The van der Waals surface area contributed by atoms with Gasteiger partial charge in [0.25, 0.3) is 0 Å². The van der Waals surface area contributed by atoms with E-state index in [9.17, 15) is 4.57 Å². The third-order valence-corrected chi connectivity index (χ3v) is 3.20. The van der Waals surface area contributed by atoms with E-state index in [1.165, 1.54) is 0 Å². The first kappa shape index (κ1) is 12.9. The molecule has 0 atom stereocenters. The molecule has 0 spiro atoms. The molecule has 86 valence electrons. The first-order valence-corrected chi connectivity index (χ1v) is 6.57. The van der Waals surface area contributed by atoms with E-state index >= 15 is 0 Å². The van der Waals surface area contributed by atoms with Crippen LogP contribution in [0, 0.1) is 11.6 Å². The third kappa shape index (κ3) is 4.16. The molecule has 0 aliphatic rings. The van der Waals surface area contributed by atoms with E-state index < -0.39 is 7.60 Å². The second-order valence-electron chi connectivity index (χ2n) is 2.81. The van der Waals surface area contributed by atoms with Crippen molar-refractivity contribution in [1.29, 1.82) is 0 Å². The maximum Gasteiger partial charge on any atom is 0.405 e. The number of pyridine rings is 1. The SMILES string of the molecule is CCOP(=O)(C#Cc1ccncc1)OCC. The average Bonchev–Trinajstić information content (AvgIpc) is 2.29. The van der Waals surface area contributed by atoms with Gasteiger partial charge in [0.05, 0.1) is 13.2 Å². The quantitative estimate of drug-likeness (QED) is 0.598. The minimum Gasteiger partial charge on any atom is -0.300 e. The Labute approximate surface area is 95.5 Å². The summed E-state index contributed by atoms with van der Waals surface area (Å²) in [5.74, 6) is 2.75. The summed E-state index contributed by atoms with van der Waals surface area (Å²) in [5, 5.41) is 0. The third-order valence-electron chi connectivity index (χ3n) is 1.62. The average molecular weight is 239 g/mol. The number of rotatable bonds is 4. The molecule has 4 nitrogen and oxygen atoms in total. The Morgan fingerprint density at radius 1 is 1.25 bits per heavy atom. The van der Waals surface area contributed by atoms with Crippen LogP contribution in [0.2, 0.25) is 0 Å². The molecular weight excluding hydrogens is 225 g/mol. The standard InChI is InChI=1S/C11H14NO3P/c1-3-14-16(13,15-4-2)10-7-11-5-8-12-9-6-11/h5-6,8-9H,3-4H2,1-2H3. The molecule has 0 radical (unpaired) electrons. The normalized spacial score (nSPS) is 10.6. The number of aromatic nitrogens is 1. The molecule has 0 amide bonds. The minimum absolute atomic E-state index is 0.308. The van der Waals surface area contributed by atoms with Crippen LogP contribution >= 0.6 is 7.60 Å². The van der Waals surface area contributed by atoms with Crippen LogP contribution in [0.1, 0.15) is 19.4 Å². The van der Waals surface area contributed by atoms with Crippen molar-refractivity contribution in [2.45, 2.75) is 13.8 Å². The van der Waals surface area contributed by atoms with Crippen molar-refractivity contribution in [1.82, 2.24) is 4.98 Å². The predicted octanol–water partition coefficient (Wildman–Crippen LogP) is 2.66. The molecule has 0 aromatic carbocycles. The Kier molecular flexibility index (Phi) is 5.21. The molecular formula is C11H14NO3P. The van der Waals surface area contributed by atoms with Crippen LogP contribution in [0.15, 0.2) is 24.5 Å². The Morgan fingerprint density at radius 2 is 1.81 bits per heavy atom. The maximum absolute atomic E-state index is 12.0. The first-order valence-electron chi connectivity index (χ1n) is 5.02. The molecule has 0 unspecified atom stereocenters. The van der Waals surface area contributed by atoms with E-state index in [0.717, 1.165) is 5.56 Å². The molecule has 1 heterocycles. The van der Waals surface area contributed by atoms with Gasteiger partial charge in [-0.3, -0.25) is 14.0 Å². The Hall–Kier alpha value is -1.14. The van der Waals surface area contributed by atoms with Crippen molar-refractivity contribution in [2.75, 3.05) is 13.2 Å². The summed E-state index contributed by atoms with van der Waals surface area (Å²) in [6.45, 7) is 4.12. The Morgan fingerprint density at radius 3 is 2.31 bits per heavy atom. The zero-order valence-electron chi connectivity index (χ0n) is 9.34. The van der Waals surface area contributed by atoms with Crippen LogP contribution < -0.4 is 0 Å². The van der Waals surface area contributed by atoms with E-state index in [1.54, 1.807) is 38.4 Å². The Balaban J connectivity index is 2.84. The number of hydrogen-bond donors (Lipinski definition) is 0. The van der Waals surface area contributed by atoms with Gasteiger partial charge in [-0.05, 0) is 26.0 Å². The van der Waals surface area contributed by atoms with Gasteiger partial charge >= 0.3 is 7.60 Å². The smallest absolute Gasteiger partial charge is 0.300 e. The summed E-state index contributed by atoms with van der Waals surface area (Å²) in [4.78, 5) is 3.86. The molecule has 5 heteroatoms. The second-order valence-corrected chi connectivity index (χ2v) is 4.54. The van der Waals surface area contributed by atoms with Gasteiger partial charge in [-0.2, -0.15) is 0 Å². The van der Waals surface area contributed by atoms with Gasteiger partial charge in [-0.15, -0.1) is 0 Å². The van der Waals surface area contributed by atoms with Gasteiger partial charge in [-0.25, -0.2) is 4.57 Å². The summed E-state index contributed by atoms with van der Waals surface area (Å²) >= 11 is 0. The van der Waals surface area contributed by atoms with Crippen molar-refractivity contribution >= 4 is 7.60 Å². The first-order chi connectivity index (χ1) is 7.70. The fourth-order valence-corrected chi connectivity index (χ4v) is 2.16. The van der Waals surface area contributed by atoms with Crippen molar-refractivity contribution < 1.29 is 13.6 Å². The topological polar surface area (TPSA) is 48.4 Å². The minimum atomic E-state index is -3.27. The predicted molar refractivity (Wildman–Crippen MR) is 62.0 cm³/mol. The highest BCUT2D eigenvalue weighted by Gasteiger charge is 2.19. The number of nitrogens with zero attached hydrogens (tertiary/aromatic N) is 1. The van der Waals surface area contributed by atoms with Crippen LogP contribution in [0.5, 0.6) is 0 Å². The lowest BCUT2D eigenvalue weighted by molar-refractivity contribution is 0.230. The summed E-state index contributed by atoms with van der Waals surface area (Å²) in [7, 11) is -3.27. The van der Waals surface area contributed by atoms with Crippen molar-refractivity contribution in [3.63, 3.8) is 0 Å². The molecule has 1 aromatic rings. The molecule has 0 aliphatic heterocycles. The summed E-state index contributed by atoms with van der Waals surface area (Å²) in [5.41, 5.74) is 3.28. The molecule has 0 saturated carbocycles. The fraction of sp³-hybridized carbons (Fsp3) is 0.364. The lowest BCUT2D eigenvalue weighted by atomic mass is 10.3. The van der Waals surface area contributed by atoms with Gasteiger partial charge in [0.2, 0.25) is 0 Å². The van der Waals surface area contributed by atoms with Gasteiger partial charge in [0.15, 0.2) is 0 Å². The van der Waals surface area contributed by atoms with Crippen molar-refractivity contribution in [2.24, 2.45) is 0 Å². The van der Waals surface area contributed by atoms with Crippen LogP contribution in [-0.2, 0) is 13.6 Å². The maximum atomic E-state index is 12.0. The molecule has 0 N–H and O–H groups in total. The lowest BCUT2D eigenvalue weighted by Gasteiger charge is -2.09. The van der Waals surface area contributed by atoms with Crippen LogP contribution in [0.3, 0.4) is 0 Å². The van der Waals surface area contributed by atoms with E-state index in [-0.39, 0.29) is 0 Å². The lowest BCUT2D eigenvalue weighted by Crippen LogP contribution is -1.93. The largest absolute Gasteiger partial charge is 0.405 e. The summed E-state index contributed by atoms with van der Waals surface area (Å²) in [6, 6.07) is 3.46. The summed E-state index contributed by atoms with van der Waals surface area (Å²) < 4.78 is 22.0. The van der Waals surface area contributed by atoms with Gasteiger partial charge in [0, 0.05) is 23.6 Å². The van der Waals surface area contributed by atoms with E-state index in [0.29, 0.717) is 13.2 Å². The monoisotopic (exact) mass is 239 g/mol. The molecule has 0 bridgehead atoms. The summed E-state index contributed by atoms with van der Waals surface area (Å²) in [6.07, 6.45) is 3.24. The van der Waals surface area contributed by atoms with E-state index in [2.05, 4.69) is 16.6 Å². The van der Waals surface area contributed by atoms with Crippen molar-refractivity contribution in [3.05, 3.63) is 30.1 Å². The zero-order chi connectivity index (χ0) is 11.9.